The van der Waals surface area contributed by atoms with Crippen LogP contribution in [-0.4, -0.2) is 30.1 Å². The van der Waals surface area contributed by atoms with Crippen LogP contribution in [0.2, 0.25) is 5.02 Å². The fraction of sp³-hybridized carbons (Fsp3) is 0.182. The molecule has 9 heteroatoms. The number of sulfonamides is 1. The number of benzene rings is 1. The lowest BCUT2D eigenvalue weighted by Crippen LogP contribution is -2.26. The van der Waals surface area contributed by atoms with E-state index in [0.29, 0.717) is 12.2 Å². The molecule has 1 aromatic heterocycles. The summed E-state index contributed by atoms with van der Waals surface area (Å²) in [5.74, 6) is 0.574. The average Bonchev–Trinajstić information content (AvgIpc) is 2.92. The summed E-state index contributed by atoms with van der Waals surface area (Å²) in [6.45, 7) is 0.143. The minimum atomic E-state index is -3.77. The first-order valence-corrected chi connectivity index (χ1v) is 7.42. The molecule has 2 N–H and O–H groups in total. The van der Waals surface area contributed by atoms with Crippen molar-refractivity contribution >= 4 is 21.6 Å². The molecule has 0 aliphatic heterocycles. The Morgan fingerprint density at radius 3 is 2.90 bits per heavy atom. The molecule has 0 aliphatic rings. The van der Waals surface area contributed by atoms with Crippen molar-refractivity contribution in [2.45, 2.75) is 11.3 Å². The van der Waals surface area contributed by atoms with Crippen LogP contribution in [0, 0.1) is 11.3 Å². The van der Waals surface area contributed by atoms with Crippen LogP contribution in [0.3, 0.4) is 0 Å². The zero-order valence-corrected chi connectivity index (χ0v) is 11.7. The van der Waals surface area contributed by atoms with E-state index in [9.17, 15) is 8.42 Å². The molecule has 0 fully saturated rings. The van der Waals surface area contributed by atoms with Gasteiger partial charge < -0.3 is 0 Å². The molecule has 1 aromatic carbocycles. The molecule has 0 amide bonds. The lowest BCUT2D eigenvalue weighted by atomic mass is 10.2. The summed E-state index contributed by atoms with van der Waals surface area (Å²) in [6, 6.07) is 5.94. The monoisotopic (exact) mass is 311 g/mol. The molecule has 20 heavy (non-hydrogen) atoms. The molecular weight excluding hydrogens is 302 g/mol. The Labute approximate surface area is 120 Å². The second-order valence-electron chi connectivity index (χ2n) is 3.84. The standard InChI is InChI=1S/C11H10ClN5O2S/c12-9-2-1-8(6-13)5-10(9)20(18,19)16-4-3-11-14-7-15-17-11/h1-2,5,7,16H,3-4H2,(H,14,15,17). The van der Waals surface area contributed by atoms with E-state index >= 15 is 0 Å². The number of H-pyrrole nitrogens is 1. The van der Waals surface area contributed by atoms with Crippen LogP contribution in [-0.2, 0) is 16.4 Å². The lowest BCUT2D eigenvalue weighted by Gasteiger charge is -2.07. The van der Waals surface area contributed by atoms with Gasteiger partial charge >= 0.3 is 0 Å². The van der Waals surface area contributed by atoms with Gasteiger partial charge in [-0.05, 0) is 18.2 Å². The Bertz CT molecular complexity index is 737. The number of nitrogens with one attached hydrogen (secondary N) is 2. The second kappa shape index (κ2) is 6.00. The van der Waals surface area contributed by atoms with Gasteiger partial charge in [0, 0.05) is 13.0 Å². The highest BCUT2D eigenvalue weighted by Crippen LogP contribution is 2.22. The molecule has 7 nitrogen and oxygen atoms in total. The van der Waals surface area contributed by atoms with Crippen molar-refractivity contribution in [2.24, 2.45) is 0 Å². The van der Waals surface area contributed by atoms with Gasteiger partial charge in [0.15, 0.2) is 0 Å². The molecule has 0 spiro atoms. The zero-order valence-electron chi connectivity index (χ0n) is 10.2. The van der Waals surface area contributed by atoms with Crippen LogP contribution in [0.1, 0.15) is 11.4 Å². The van der Waals surface area contributed by atoms with Gasteiger partial charge in [-0.1, -0.05) is 11.6 Å². The van der Waals surface area contributed by atoms with E-state index in [4.69, 9.17) is 16.9 Å². The fourth-order valence-electron chi connectivity index (χ4n) is 1.51. The van der Waals surface area contributed by atoms with E-state index in [0.717, 1.165) is 0 Å². The molecule has 0 saturated carbocycles. The predicted molar refractivity (Wildman–Crippen MR) is 71.4 cm³/mol. The maximum atomic E-state index is 12.1. The Hall–Kier alpha value is -1.95. The second-order valence-corrected chi connectivity index (χ2v) is 5.98. The first-order chi connectivity index (χ1) is 9.53. The smallest absolute Gasteiger partial charge is 0.242 e. The summed E-state index contributed by atoms with van der Waals surface area (Å²) in [4.78, 5) is 3.77. The summed E-state index contributed by atoms with van der Waals surface area (Å²) >= 11 is 5.86. The quantitative estimate of drug-likeness (QED) is 0.850. The van der Waals surface area contributed by atoms with Crippen LogP contribution in [0.4, 0.5) is 0 Å². The number of hydrogen-bond acceptors (Lipinski definition) is 5. The summed E-state index contributed by atoms with van der Waals surface area (Å²) < 4.78 is 26.6. The van der Waals surface area contributed by atoms with Crippen molar-refractivity contribution in [1.29, 1.82) is 5.26 Å². The van der Waals surface area contributed by atoms with Crippen molar-refractivity contribution in [1.82, 2.24) is 19.9 Å². The maximum absolute atomic E-state index is 12.1. The summed E-state index contributed by atoms with van der Waals surface area (Å²) in [7, 11) is -3.77. The number of halogens is 1. The Balaban J connectivity index is 2.12. The third kappa shape index (κ3) is 3.33. The van der Waals surface area contributed by atoms with Gasteiger partial charge in [-0.15, -0.1) is 0 Å². The highest BCUT2D eigenvalue weighted by Gasteiger charge is 2.18. The molecule has 0 unspecified atom stereocenters. The van der Waals surface area contributed by atoms with Gasteiger partial charge in [0.2, 0.25) is 10.0 Å². The van der Waals surface area contributed by atoms with Crippen LogP contribution in [0.15, 0.2) is 29.4 Å². The molecule has 2 aromatic rings. The summed E-state index contributed by atoms with van der Waals surface area (Å²) in [6.07, 6.45) is 1.71. The van der Waals surface area contributed by atoms with Crippen LogP contribution >= 0.6 is 11.6 Å². The molecular formula is C11H10ClN5O2S. The van der Waals surface area contributed by atoms with Crippen molar-refractivity contribution in [3.63, 3.8) is 0 Å². The molecule has 1 heterocycles. The van der Waals surface area contributed by atoms with E-state index in [1.54, 1.807) is 0 Å². The van der Waals surface area contributed by atoms with Gasteiger partial charge in [0.05, 0.1) is 16.7 Å². The van der Waals surface area contributed by atoms with Crippen LogP contribution in [0.25, 0.3) is 0 Å². The highest BCUT2D eigenvalue weighted by molar-refractivity contribution is 7.89. The molecule has 104 valence electrons. The van der Waals surface area contributed by atoms with Crippen LogP contribution in [0.5, 0.6) is 0 Å². The SMILES string of the molecule is N#Cc1ccc(Cl)c(S(=O)(=O)NCCc2ncn[nH]2)c1. The van der Waals surface area contributed by atoms with Crippen molar-refractivity contribution in [3.05, 3.63) is 40.9 Å². The van der Waals surface area contributed by atoms with Crippen LogP contribution < -0.4 is 4.72 Å². The van der Waals surface area contributed by atoms with E-state index in [1.165, 1.54) is 24.5 Å². The molecule has 0 bridgehead atoms. The molecule has 0 saturated heterocycles. The summed E-state index contributed by atoms with van der Waals surface area (Å²) in [5, 5.41) is 15.1. The van der Waals surface area contributed by atoms with E-state index in [-0.39, 0.29) is 22.0 Å². The number of aromatic nitrogens is 3. The lowest BCUT2D eigenvalue weighted by molar-refractivity contribution is 0.581. The Morgan fingerprint density at radius 2 is 2.25 bits per heavy atom. The number of nitriles is 1. The third-order valence-corrected chi connectivity index (χ3v) is 4.41. The average molecular weight is 312 g/mol. The van der Waals surface area contributed by atoms with Gasteiger partial charge in [0.25, 0.3) is 0 Å². The van der Waals surface area contributed by atoms with Gasteiger partial charge in [-0.3, -0.25) is 5.10 Å². The minimum absolute atomic E-state index is 0.0659. The number of rotatable bonds is 5. The fourth-order valence-corrected chi connectivity index (χ4v) is 3.07. The molecule has 0 atom stereocenters. The van der Waals surface area contributed by atoms with Crippen molar-refractivity contribution in [3.8, 4) is 6.07 Å². The Kier molecular flexibility index (Phi) is 4.34. The van der Waals surface area contributed by atoms with E-state index < -0.39 is 10.0 Å². The minimum Gasteiger partial charge on any atom is -0.263 e. The number of hydrogen-bond donors (Lipinski definition) is 2. The normalized spacial score (nSPS) is 11.2. The maximum Gasteiger partial charge on any atom is 0.242 e. The molecule has 2 rings (SSSR count). The van der Waals surface area contributed by atoms with Crippen molar-refractivity contribution in [2.75, 3.05) is 6.54 Å². The summed E-state index contributed by atoms with van der Waals surface area (Å²) in [5.41, 5.74) is 0.227. The highest BCUT2D eigenvalue weighted by atomic mass is 35.5. The predicted octanol–water partition coefficient (Wildman–Crippen LogP) is 0.851. The number of nitrogens with zero attached hydrogens (tertiary/aromatic N) is 3. The molecule has 0 aliphatic carbocycles. The van der Waals surface area contributed by atoms with Crippen molar-refractivity contribution < 1.29 is 8.42 Å². The largest absolute Gasteiger partial charge is 0.263 e. The zero-order chi connectivity index (χ0) is 14.6. The first kappa shape index (κ1) is 14.5. The number of aromatic amines is 1. The Morgan fingerprint density at radius 1 is 1.45 bits per heavy atom. The van der Waals surface area contributed by atoms with E-state index in [1.807, 2.05) is 6.07 Å². The van der Waals surface area contributed by atoms with Gasteiger partial charge in [0.1, 0.15) is 17.0 Å². The van der Waals surface area contributed by atoms with Gasteiger partial charge in [-0.2, -0.15) is 10.4 Å². The third-order valence-electron chi connectivity index (χ3n) is 2.47. The topological polar surface area (TPSA) is 112 Å². The molecule has 0 radical (unpaired) electrons. The van der Waals surface area contributed by atoms with Gasteiger partial charge in [-0.25, -0.2) is 18.1 Å². The first-order valence-electron chi connectivity index (χ1n) is 5.56. The van der Waals surface area contributed by atoms with E-state index in [2.05, 4.69) is 19.9 Å².